The summed E-state index contributed by atoms with van der Waals surface area (Å²) >= 11 is 7.34. The van der Waals surface area contributed by atoms with E-state index in [0.717, 1.165) is 13.0 Å². The van der Waals surface area contributed by atoms with Crippen LogP contribution >= 0.6 is 38.6 Å². The number of fused-ring (bicyclic) bond motifs is 1. The minimum atomic E-state index is 0.392. The Kier molecular flexibility index (Phi) is 4.79. The number of hydrogen-bond donors (Lipinski definition) is 1. The lowest BCUT2D eigenvalue weighted by molar-refractivity contribution is 0.560. The maximum Gasteiger partial charge on any atom is 0.0731 e. The van der Waals surface area contributed by atoms with Gasteiger partial charge >= 0.3 is 0 Å². The third-order valence-electron chi connectivity index (χ3n) is 3.66. The maximum atomic E-state index is 3.65. The summed E-state index contributed by atoms with van der Waals surface area (Å²) in [5.41, 5.74) is 2.77. The predicted molar refractivity (Wildman–Crippen MR) is 98.7 cm³/mol. The van der Waals surface area contributed by atoms with Gasteiger partial charge in [-0.05, 0) is 69.8 Å². The number of rotatable bonds is 5. The van der Waals surface area contributed by atoms with Crippen LogP contribution in [0.2, 0.25) is 0 Å². The minimum absolute atomic E-state index is 0.392. The van der Waals surface area contributed by atoms with Gasteiger partial charge in [0.15, 0.2) is 0 Å². The lowest BCUT2D eigenvalue weighted by Gasteiger charge is -2.16. The number of halogens is 1. The van der Waals surface area contributed by atoms with Gasteiger partial charge in [0.1, 0.15) is 0 Å². The van der Waals surface area contributed by atoms with Crippen LogP contribution in [-0.4, -0.2) is 6.54 Å². The molecular formula is C17H18BrNS2. The first kappa shape index (κ1) is 15.2. The lowest BCUT2D eigenvalue weighted by Crippen LogP contribution is -2.21. The van der Waals surface area contributed by atoms with Crippen LogP contribution < -0.4 is 5.32 Å². The number of likely N-dealkylation sites (N-methyl/N-ethyl adjacent to an activating group) is 1. The monoisotopic (exact) mass is 379 g/mol. The second-order valence-corrected chi connectivity index (χ2v) is 8.49. The Labute approximate surface area is 142 Å². The summed E-state index contributed by atoms with van der Waals surface area (Å²) in [6.45, 7) is 5.32. The Balaban J connectivity index is 1.91. The molecule has 0 saturated carbocycles. The van der Waals surface area contributed by atoms with E-state index in [9.17, 15) is 0 Å². The Morgan fingerprint density at radius 3 is 2.81 bits per heavy atom. The number of hydrogen-bond acceptors (Lipinski definition) is 3. The second-order valence-electron chi connectivity index (χ2n) is 5.18. The molecule has 1 aromatic carbocycles. The van der Waals surface area contributed by atoms with Gasteiger partial charge < -0.3 is 5.32 Å². The quantitative estimate of drug-likeness (QED) is 0.579. The van der Waals surface area contributed by atoms with Crippen molar-refractivity contribution < 1.29 is 0 Å². The van der Waals surface area contributed by atoms with Crippen molar-refractivity contribution in [3.8, 4) is 0 Å². The molecule has 1 atom stereocenters. The van der Waals surface area contributed by atoms with E-state index in [4.69, 9.17) is 0 Å². The average Bonchev–Trinajstić information content (AvgIpc) is 3.03. The molecule has 1 unspecified atom stereocenters. The minimum Gasteiger partial charge on any atom is -0.309 e. The van der Waals surface area contributed by atoms with E-state index in [2.05, 4.69) is 70.8 Å². The van der Waals surface area contributed by atoms with E-state index in [1.165, 1.54) is 29.9 Å². The molecule has 1 nitrogen and oxygen atoms in total. The smallest absolute Gasteiger partial charge is 0.0731 e. The molecule has 0 aliphatic heterocycles. The Morgan fingerprint density at radius 2 is 2.10 bits per heavy atom. The third-order valence-corrected chi connectivity index (χ3v) is 6.92. The number of benzene rings is 1. The first-order valence-corrected chi connectivity index (χ1v) is 9.62. The highest BCUT2D eigenvalue weighted by molar-refractivity contribution is 9.11. The normalized spacial score (nSPS) is 12.9. The van der Waals surface area contributed by atoms with Crippen molar-refractivity contribution in [1.82, 2.24) is 5.32 Å². The molecule has 0 aliphatic carbocycles. The van der Waals surface area contributed by atoms with Gasteiger partial charge in [-0.3, -0.25) is 0 Å². The summed E-state index contributed by atoms with van der Waals surface area (Å²) in [6, 6.07) is 11.4. The molecule has 0 radical (unpaired) electrons. The molecule has 0 fully saturated rings. The second kappa shape index (κ2) is 6.61. The molecule has 0 amide bonds. The van der Waals surface area contributed by atoms with Crippen LogP contribution in [0.3, 0.4) is 0 Å². The van der Waals surface area contributed by atoms with E-state index in [1.54, 1.807) is 0 Å². The number of aryl methyl sites for hydroxylation is 1. The van der Waals surface area contributed by atoms with Gasteiger partial charge in [-0.15, -0.1) is 22.7 Å². The van der Waals surface area contributed by atoms with Crippen LogP contribution in [-0.2, 0) is 6.42 Å². The van der Waals surface area contributed by atoms with Crippen LogP contribution in [0.15, 0.2) is 39.5 Å². The molecule has 0 aliphatic rings. The molecule has 1 N–H and O–H groups in total. The first-order valence-electron chi connectivity index (χ1n) is 7.13. The molecule has 2 heterocycles. The van der Waals surface area contributed by atoms with E-state index < -0.39 is 0 Å². The molecule has 0 saturated heterocycles. The van der Waals surface area contributed by atoms with E-state index >= 15 is 0 Å². The zero-order valence-corrected chi connectivity index (χ0v) is 15.4. The average molecular weight is 380 g/mol. The molecule has 4 heteroatoms. The lowest BCUT2D eigenvalue weighted by atomic mass is 10.0. The van der Waals surface area contributed by atoms with Crippen LogP contribution in [0.5, 0.6) is 0 Å². The van der Waals surface area contributed by atoms with Crippen molar-refractivity contribution in [2.45, 2.75) is 26.3 Å². The van der Waals surface area contributed by atoms with Crippen LogP contribution in [0.1, 0.15) is 29.0 Å². The zero-order chi connectivity index (χ0) is 14.8. The van der Waals surface area contributed by atoms with E-state index in [-0.39, 0.29) is 0 Å². The van der Waals surface area contributed by atoms with Crippen molar-refractivity contribution in [2.75, 3.05) is 6.54 Å². The van der Waals surface area contributed by atoms with Crippen molar-refractivity contribution in [2.24, 2.45) is 0 Å². The zero-order valence-electron chi connectivity index (χ0n) is 12.2. The van der Waals surface area contributed by atoms with E-state index in [0.29, 0.717) is 6.04 Å². The van der Waals surface area contributed by atoms with E-state index in [1.807, 2.05) is 22.7 Å². The highest BCUT2D eigenvalue weighted by Crippen LogP contribution is 2.35. The van der Waals surface area contributed by atoms with Crippen molar-refractivity contribution >= 4 is 48.7 Å². The summed E-state index contributed by atoms with van der Waals surface area (Å²) in [4.78, 5) is 1.41. The third kappa shape index (κ3) is 3.24. The fourth-order valence-electron chi connectivity index (χ4n) is 2.59. The van der Waals surface area contributed by atoms with Gasteiger partial charge in [-0.25, -0.2) is 0 Å². The van der Waals surface area contributed by atoms with Gasteiger partial charge in [0.05, 0.1) is 3.79 Å². The Bertz CT molecular complexity index is 725. The summed E-state index contributed by atoms with van der Waals surface area (Å²) in [6.07, 6.45) is 1.05. The van der Waals surface area contributed by atoms with Gasteiger partial charge in [0.2, 0.25) is 0 Å². The highest BCUT2D eigenvalue weighted by atomic mass is 79.9. The number of thiophene rings is 2. The van der Waals surface area contributed by atoms with Crippen molar-refractivity contribution in [1.29, 1.82) is 0 Å². The topological polar surface area (TPSA) is 12.0 Å². The molecule has 0 bridgehead atoms. The van der Waals surface area contributed by atoms with Crippen molar-refractivity contribution in [3.63, 3.8) is 0 Å². The SMILES string of the molecule is CCNC(Cc1csc2ccccc12)c1cc(C)c(Br)s1. The highest BCUT2D eigenvalue weighted by Gasteiger charge is 2.17. The fourth-order valence-corrected chi connectivity index (χ4v) is 5.21. The number of nitrogens with one attached hydrogen (secondary N) is 1. The molecular weight excluding hydrogens is 362 g/mol. The molecule has 0 spiro atoms. The largest absolute Gasteiger partial charge is 0.309 e. The summed E-state index contributed by atoms with van der Waals surface area (Å²) in [5, 5.41) is 7.35. The maximum absolute atomic E-state index is 3.65. The molecule has 3 rings (SSSR count). The van der Waals surface area contributed by atoms with Crippen molar-refractivity contribution in [3.05, 3.63) is 55.5 Å². The van der Waals surface area contributed by atoms with Gasteiger partial charge in [-0.1, -0.05) is 25.1 Å². The molecule has 21 heavy (non-hydrogen) atoms. The van der Waals surface area contributed by atoms with Crippen LogP contribution in [0, 0.1) is 6.92 Å². The molecule has 110 valence electrons. The molecule has 3 aromatic rings. The Morgan fingerprint density at radius 1 is 1.29 bits per heavy atom. The van der Waals surface area contributed by atoms with Crippen LogP contribution in [0.25, 0.3) is 10.1 Å². The summed E-state index contributed by atoms with van der Waals surface area (Å²) in [7, 11) is 0. The standard InChI is InChI=1S/C17H18BrNS2/c1-3-19-14(16-8-11(2)17(18)21-16)9-12-10-20-15-7-5-4-6-13(12)15/h4-8,10,14,19H,3,9H2,1-2H3. The molecule has 2 aromatic heterocycles. The Hall–Kier alpha value is -0.680. The van der Waals surface area contributed by atoms with Gasteiger partial charge in [-0.2, -0.15) is 0 Å². The predicted octanol–water partition coefficient (Wildman–Crippen LogP) is 5.93. The summed E-state index contributed by atoms with van der Waals surface area (Å²) < 4.78 is 2.63. The fraction of sp³-hybridized carbons (Fsp3) is 0.294. The van der Waals surface area contributed by atoms with Gasteiger partial charge in [0.25, 0.3) is 0 Å². The van der Waals surface area contributed by atoms with Crippen LogP contribution in [0.4, 0.5) is 0 Å². The summed E-state index contributed by atoms with van der Waals surface area (Å²) in [5.74, 6) is 0. The first-order chi connectivity index (χ1) is 10.2. The van der Waals surface area contributed by atoms with Gasteiger partial charge in [0, 0.05) is 15.6 Å².